The number of ether oxygens (including phenoxy) is 1. The first kappa shape index (κ1) is 19.7. The molecule has 0 aromatic carbocycles. The minimum Gasteiger partial charge on any atom is -0.481 e. The van der Waals surface area contributed by atoms with Crippen LogP contribution in [0.15, 0.2) is 6.20 Å². The molecule has 1 N–H and O–H groups in total. The number of carbonyl (C=O) groups excluding carboxylic acids is 2. The van der Waals surface area contributed by atoms with E-state index in [1.54, 1.807) is 0 Å². The van der Waals surface area contributed by atoms with Gasteiger partial charge in [0.25, 0.3) is 0 Å². The summed E-state index contributed by atoms with van der Waals surface area (Å²) in [7, 11) is 0. The molecule has 1 saturated carbocycles. The summed E-state index contributed by atoms with van der Waals surface area (Å²) in [6.45, 7) is 2.81. The average molecular weight is 350 g/mol. The maximum absolute atomic E-state index is 12.7. The standard InChI is InChI=1S/C10H11F3N2O2.C4H6O3/c1-2-17-9(16)7-5-15(6-3-4-6)14-8(7)10(11,12)13;1-3(5)2-4(6)7/h5-6H,2-4H2,1H3;2H2,1H3,(H,6,7). The second kappa shape index (κ2) is 7.93. The molecule has 0 radical (unpaired) electrons. The molecule has 1 heterocycles. The molecule has 0 spiro atoms. The van der Waals surface area contributed by atoms with E-state index in [0.717, 1.165) is 19.0 Å². The molecule has 1 aromatic rings. The van der Waals surface area contributed by atoms with E-state index in [1.807, 2.05) is 0 Å². The average Bonchev–Trinajstić information content (AvgIpc) is 3.15. The number of hydrogen-bond donors (Lipinski definition) is 1. The Bertz CT molecular complexity index is 608. The molecule has 134 valence electrons. The van der Waals surface area contributed by atoms with Crippen molar-refractivity contribution in [3.8, 4) is 0 Å². The van der Waals surface area contributed by atoms with Crippen molar-refractivity contribution in [2.24, 2.45) is 0 Å². The Kier molecular flexibility index (Phi) is 6.50. The Morgan fingerprint density at radius 3 is 2.29 bits per heavy atom. The predicted molar refractivity (Wildman–Crippen MR) is 74.4 cm³/mol. The molecule has 1 aliphatic carbocycles. The van der Waals surface area contributed by atoms with E-state index in [9.17, 15) is 27.6 Å². The zero-order valence-electron chi connectivity index (χ0n) is 13.1. The van der Waals surface area contributed by atoms with Crippen LogP contribution in [0.3, 0.4) is 0 Å². The Hall–Kier alpha value is -2.39. The lowest BCUT2D eigenvalue weighted by molar-refractivity contribution is -0.142. The molecule has 0 saturated heterocycles. The minimum absolute atomic E-state index is 0.0146. The molecule has 24 heavy (non-hydrogen) atoms. The third-order valence-corrected chi connectivity index (χ3v) is 2.82. The smallest absolute Gasteiger partial charge is 0.436 e. The molecule has 0 bridgehead atoms. The first-order valence-corrected chi connectivity index (χ1v) is 7.11. The summed E-state index contributed by atoms with van der Waals surface area (Å²) in [6, 6.07) is -0.0146. The van der Waals surface area contributed by atoms with Crippen molar-refractivity contribution < 1.29 is 37.4 Å². The highest BCUT2D eigenvalue weighted by Crippen LogP contribution is 2.37. The molecule has 7 nitrogen and oxygen atoms in total. The van der Waals surface area contributed by atoms with Gasteiger partial charge in [0.15, 0.2) is 5.69 Å². The zero-order valence-corrected chi connectivity index (χ0v) is 13.1. The number of esters is 1. The first-order valence-electron chi connectivity index (χ1n) is 7.11. The number of aliphatic carboxylic acids is 1. The van der Waals surface area contributed by atoms with Crippen LogP contribution in [-0.4, -0.2) is 39.2 Å². The monoisotopic (exact) mass is 350 g/mol. The summed E-state index contributed by atoms with van der Waals surface area (Å²) in [5.41, 5.74) is -1.67. The van der Waals surface area contributed by atoms with Gasteiger partial charge in [0, 0.05) is 6.20 Å². The van der Waals surface area contributed by atoms with Crippen LogP contribution >= 0.6 is 0 Å². The maximum atomic E-state index is 12.7. The molecule has 0 atom stereocenters. The number of rotatable bonds is 5. The quantitative estimate of drug-likeness (QED) is 0.647. The molecule has 0 unspecified atom stereocenters. The molecule has 1 fully saturated rings. The summed E-state index contributed by atoms with van der Waals surface area (Å²) in [6.07, 6.45) is -2.29. The van der Waals surface area contributed by atoms with E-state index in [4.69, 9.17) is 5.11 Å². The van der Waals surface area contributed by atoms with Crippen molar-refractivity contribution in [2.75, 3.05) is 6.61 Å². The highest BCUT2D eigenvalue weighted by atomic mass is 19.4. The van der Waals surface area contributed by atoms with Crippen molar-refractivity contribution in [2.45, 2.75) is 45.3 Å². The number of carbonyl (C=O) groups is 3. The summed E-state index contributed by atoms with van der Waals surface area (Å²) in [5, 5.41) is 11.3. The second-order valence-corrected chi connectivity index (χ2v) is 5.09. The van der Waals surface area contributed by atoms with Crippen molar-refractivity contribution >= 4 is 17.7 Å². The molecule has 0 aliphatic heterocycles. The molecule has 10 heteroatoms. The van der Waals surface area contributed by atoms with Gasteiger partial charge in [-0.15, -0.1) is 0 Å². The van der Waals surface area contributed by atoms with Crippen molar-refractivity contribution in [3.63, 3.8) is 0 Å². The molecule has 1 aliphatic rings. The first-order chi connectivity index (χ1) is 11.1. The van der Waals surface area contributed by atoms with Crippen LogP contribution in [0.1, 0.15) is 55.2 Å². The van der Waals surface area contributed by atoms with E-state index < -0.39 is 29.4 Å². The van der Waals surface area contributed by atoms with Gasteiger partial charge in [-0.2, -0.15) is 18.3 Å². The Labute approximate surface area is 135 Å². The highest BCUT2D eigenvalue weighted by molar-refractivity contribution is 5.93. The van der Waals surface area contributed by atoms with Gasteiger partial charge in [-0.25, -0.2) is 4.79 Å². The van der Waals surface area contributed by atoms with Crippen LogP contribution in [0, 0.1) is 0 Å². The Morgan fingerprint density at radius 2 is 1.96 bits per heavy atom. The summed E-state index contributed by atoms with van der Waals surface area (Å²) < 4.78 is 43.8. The van der Waals surface area contributed by atoms with Crippen molar-refractivity contribution in [3.05, 3.63) is 17.5 Å². The summed E-state index contributed by atoms with van der Waals surface area (Å²) in [4.78, 5) is 30.9. The molecule has 1 aromatic heterocycles. The number of alkyl halides is 3. The van der Waals surface area contributed by atoms with Gasteiger partial charge in [0.05, 0.1) is 12.6 Å². The van der Waals surface area contributed by atoms with Crippen LogP contribution in [0.5, 0.6) is 0 Å². The van der Waals surface area contributed by atoms with Gasteiger partial charge >= 0.3 is 18.1 Å². The predicted octanol–water partition coefficient (Wildman–Crippen LogP) is 2.46. The van der Waals surface area contributed by atoms with Crippen LogP contribution in [0.2, 0.25) is 0 Å². The highest BCUT2D eigenvalue weighted by Gasteiger charge is 2.41. The fourth-order valence-electron chi connectivity index (χ4n) is 1.70. The van der Waals surface area contributed by atoms with E-state index in [-0.39, 0.29) is 24.9 Å². The summed E-state index contributed by atoms with van der Waals surface area (Å²) in [5.74, 6) is -2.35. The van der Waals surface area contributed by atoms with Gasteiger partial charge < -0.3 is 9.84 Å². The van der Waals surface area contributed by atoms with Gasteiger partial charge in [0.2, 0.25) is 0 Å². The van der Waals surface area contributed by atoms with E-state index in [2.05, 4.69) is 9.84 Å². The lowest BCUT2D eigenvalue weighted by Crippen LogP contribution is -2.14. The van der Waals surface area contributed by atoms with Crippen LogP contribution < -0.4 is 0 Å². The fraction of sp³-hybridized carbons (Fsp3) is 0.571. The number of aromatic nitrogens is 2. The SMILES string of the molecule is CC(=O)CC(=O)O.CCOC(=O)c1cn(C2CC2)nc1C(F)(F)F. The molecule has 2 rings (SSSR count). The molecular formula is C14H17F3N2O5. The number of nitrogens with zero attached hydrogens (tertiary/aromatic N) is 2. The van der Waals surface area contributed by atoms with Gasteiger partial charge in [-0.3, -0.25) is 14.3 Å². The van der Waals surface area contributed by atoms with Crippen molar-refractivity contribution in [1.82, 2.24) is 9.78 Å². The van der Waals surface area contributed by atoms with E-state index in [0.29, 0.717) is 0 Å². The third-order valence-electron chi connectivity index (χ3n) is 2.82. The topological polar surface area (TPSA) is 98.5 Å². The van der Waals surface area contributed by atoms with E-state index in [1.165, 1.54) is 18.5 Å². The normalized spacial score (nSPS) is 13.7. The van der Waals surface area contributed by atoms with Crippen LogP contribution in [-0.2, 0) is 20.5 Å². The van der Waals surface area contributed by atoms with Gasteiger partial charge in [-0.1, -0.05) is 0 Å². The second-order valence-electron chi connectivity index (χ2n) is 5.09. The Balaban J connectivity index is 0.000000351. The number of carboxylic acids is 1. The summed E-state index contributed by atoms with van der Waals surface area (Å²) >= 11 is 0. The number of hydrogen-bond acceptors (Lipinski definition) is 5. The largest absolute Gasteiger partial charge is 0.481 e. The Morgan fingerprint density at radius 1 is 1.38 bits per heavy atom. The fourth-order valence-corrected chi connectivity index (χ4v) is 1.70. The van der Waals surface area contributed by atoms with E-state index >= 15 is 0 Å². The zero-order chi connectivity index (χ0) is 18.5. The number of halogens is 3. The van der Waals surface area contributed by atoms with Crippen LogP contribution in [0.25, 0.3) is 0 Å². The molecule has 0 amide bonds. The lowest BCUT2D eigenvalue weighted by atomic mass is 10.2. The van der Waals surface area contributed by atoms with Gasteiger partial charge in [0.1, 0.15) is 17.8 Å². The van der Waals surface area contributed by atoms with Gasteiger partial charge in [-0.05, 0) is 26.7 Å². The maximum Gasteiger partial charge on any atom is 0.436 e. The number of Topliss-reactive ketones (excluding diaryl/α,β-unsaturated/α-hetero) is 1. The molecular weight excluding hydrogens is 333 g/mol. The lowest BCUT2D eigenvalue weighted by Gasteiger charge is -2.05. The van der Waals surface area contributed by atoms with Crippen molar-refractivity contribution in [1.29, 1.82) is 0 Å². The van der Waals surface area contributed by atoms with Crippen LogP contribution in [0.4, 0.5) is 13.2 Å². The number of carboxylic acid groups (broad SMARTS) is 1. The minimum atomic E-state index is -4.64. The third kappa shape index (κ3) is 6.01. The number of ketones is 1.